The van der Waals surface area contributed by atoms with Gasteiger partial charge in [0.2, 0.25) is 0 Å². The maximum absolute atomic E-state index is 11.2. The van der Waals surface area contributed by atoms with E-state index < -0.39 is 23.4 Å². The summed E-state index contributed by atoms with van der Waals surface area (Å²) < 4.78 is 0. The monoisotopic (exact) mass is 292 g/mol. The lowest BCUT2D eigenvalue weighted by Gasteiger charge is -2.17. The molecule has 0 aliphatic carbocycles. The molecule has 0 fully saturated rings. The van der Waals surface area contributed by atoms with Crippen molar-refractivity contribution >= 4 is 12.2 Å². The van der Waals surface area contributed by atoms with Gasteiger partial charge in [0.25, 0.3) is 0 Å². The molecular weight excluding hydrogens is 268 g/mol. The first-order chi connectivity index (χ1) is 8.99. The molecule has 0 saturated carbocycles. The Morgan fingerprint density at radius 1 is 0.750 bits per heavy atom. The van der Waals surface area contributed by atoms with Gasteiger partial charge in [-0.05, 0) is 41.5 Å². The fraction of sp³-hybridized carbons (Fsp3) is 0.833. The van der Waals surface area contributed by atoms with E-state index >= 15 is 0 Å². The first-order valence-corrected chi connectivity index (χ1v) is 6.27. The van der Waals surface area contributed by atoms with E-state index in [0.717, 1.165) is 0 Å². The molecule has 0 aromatic carbocycles. The molecule has 0 spiro atoms. The van der Waals surface area contributed by atoms with E-state index in [0.29, 0.717) is 0 Å². The van der Waals surface area contributed by atoms with E-state index in [1.54, 1.807) is 41.5 Å². The van der Waals surface area contributed by atoms with Gasteiger partial charge in [0.15, 0.2) is 0 Å². The van der Waals surface area contributed by atoms with Crippen LogP contribution in [0.1, 0.15) is 41.5 Å². The van der Waals surface area contributed by atoms with Crippen LogP contribution in [0, 0.1) is 0 Å². The summed E-state index contributed by atoms with van der Waals surface area (Å²) in [4.78, 5) is 40.9. The zero-order valence-electron chi connectivity index (χ0n) is 12.9. The molecule has 0 atom stereocenters. The van der Waals surface area contributed by atoms with Crippen molar-refractivity contribution in [1.29, 1.82) is 0 Å². The third kappa shape index (κ3) is 12.9. The molecule has 0 rings (SSSR count). The number of hydrogen-bond donors (Lipinski definition) is 2. The van der Waals surface area contributed by atoms with Crippen molar-refractivity contribution in [3.8, 4) is 0 Å². The van der Waals surface area contributed by atoms with Crippen LogP contribution in [-0.4, -0.2) is 36.5 Å². The Morgan fingerprint density at radius 3 is 1.30 bits per heavy atom. The van der Waals surface area contributed by atoms with Crippen molar-refractivity contribution in [3.05, 3.63) is 0 Å². The van der Waals surface area contributed by atoms with Gasteiger partial charge >= 0.3 is 12.2 Å². The van der Waals surface area contributed by atoms with Crippen LogP contribution in [0.2, 0.25) is 0 Å². The molecule has 0 saturated heterocycles. The van der Waals surface area contributed by atoms with Crippen LogP contribution < -0.4 is 10.6 Å². The fourth-order valence-corrected chi connectivity index (χ4v) is 0.714. The van der Waals surface area contributed by atoms with Crippen molar-refractivity contribution in [2.24, 2.45) is 0 Å². The summed E-state index contributed by atoms with van der Waals surface area (Å²) in [5.41, 5.74) is -1.16. The molecule has 118 valence electrons. The number of amides is 2. The molecule has 0 aromatic heterocycles. The average Bonchev–Trinajstić information content (AvgIpc) is 2.27. The quantitative estimate of drug-likeness (QED) is 0.456. The smallest absolute Gasteiger partial charge is 0.317 e. The summed E-state index contributed by atoms with van der Waals surface area (Å²) in [6.07, 6.45) is -1.47. The lowest BCUT2D eigenvalue weighted by molar-refractivity contribution is -0.300. The van der Waals surface area contributed by atoms with Gasteiger partial charge in [0.05, 0.1) is 0 Å². The van der Waals surface area contributed by atoms with Gasteiger partial charge in [-0.3, -0.25) is 9.78 Å². The molecule has 8 heteroatoms. The maximum atomic E-state index is 11.2. The molecule has 8 nitrogen and oxygen atoms in total. The molecule has 0 heterocycles. The minimum Gasteiger partial charge on any atom is -0.317 e. The molecule has 0 unspecified atom stereocenters. The van der Waals surface area contributed by atoms with Crippen molar-refractivity contribution in [3.63, 3.8) is 0 Å². The van der Waals surface area contributed by atoms with E-state index in [1.807, 2.05) is 0 Å². The fourth-order valence-electron chi connectivity index (χ4n) is 0.714. The molecule has 0 aliphatic rings. The van der Waals surface area contributed by atoms with Gasteiger partial charge in [0, 0.05) is 13.1 Å². The number of carbonyl (C=O) groups excluding carboxylic acids is 2. The zero-order chi connectivity index (χ0) is 15.8. The van der Waals surface area contributed by atoms with Crippen LogP contribution in [-0.2, 0) is 19.6 Å². The van der Waals surface area contributed by atoms with E-state index in [1.165, 1.54) is 0 Å². The van der Waals surface area contributed by atoms with Crippen molar-refractivity contribution in [2.75, 3.05) is 13.1 Å². The Balaban J connectivity index is 3.61. The van der Waals surface area contributed by atoms with E-state index in [9.17, 15) is 9.59 Å². The van der Waals surface area contributed by atoms with Crippen LogP contribution in [0.25, 0.3) is 0 Å². The highest BCUT2D eigenvalue weighted by atomic mass is 17.2. The number of rotatable bonds is 5. The summed E-state index contributed by atoms with van der Waals surface area (Å²) in [5, 5.41) is 4.77. The van der Waals surface area contributed by atoms with Gasteiger partial charge in [-0.1, -0.05) is 0 Å². The number of nitrogens with one attached hydrogen (secondary N) is 2. The predicted octanol–water partition coefficient (Wildman–Crippen LogP) is 1.90. The van der Waals surface area contributed by atoms with Crippen molar-refractivity contribution in [2.45, 2.75) is 52.7 Å². The molecule has 0 bridgehead atoms. The SMILES string of the molecule is CC(C)(C)OOC(=O)NCCNC(=O)OOC(C)(C)C. The Hall–Kier alpha value is -1.54. The molecule has 0 aromatic rings. The second-order valence-corrected chi connectivity index (χ2v) is 5.99. The molecule has 20 heavy (non-hydrogen) atoms. The highest BCUT2D eigenvalue weighted by molar-refractivity contribution is 5.67. The van der Waals surface area contributed by atoms with Gasteiger partial charge in [-0.15, -0.1) is 0 Å². The Morgan fingerprint density at radius 2 is 1.05 bits per heavy atom. The minimum absolute atomic E-state index is 0.164. The Bertz CT molecular complexity index is 287. The second-order valence-electron chi connectivity index (χ2n) is 5.99. The summed E-state index contributed by atoms with van der Waals surface area (Å²) in [5.74, 6) is 0. The van der Waals surface area contributed by atoms with E-state index in [2.05, 4.69) is 20.4 Å². The summed E-state index contributed by atoms with van der Waals surface area (Å²) in [7, 11) is 0. The Kier molecular flexibility index (Phi) is 7.30. The topological polar surface area (TPSA) is 95.1 Å². The summed E-state index contributed by atoms with van der Waals surface area (Å²) >= 11 is 0. The molecule has 0 radical (unpaired) electrons. The van der Waals surface area contributed by atoms with Gasteiger partial charge in [-0.25, -0.2) is 9.59 Å². The number of hydrogen-bond acceptors (Lipinski definition) is 6. The summed E-state index contributed by atoms with van der Waals surface area (Å²) in [6.45, 7) is 10.8. The molecule has 0 aliphatic heterocycles. The highest BCUT2D eigenvalue weighted by Crippen LogP contribution is 2.07. The molecule has 2 amide bonds. The third-order valence-corrected chi connectivity index (χ3v) is 1.40. The lowest BCUT2D eigenvalue weighted by Crippen LogP contribution is -2.37. The van der Waals surface area contributed by atoms with E-state index in [-0.39, 0.29) is 13.1 Å². The zero-order valence-corrected chi connectivity index (χ0v) is 12.9. The number of carbonyl (C=O) groups is 2. The minimum atomic E-state index is -0.735. The van der Waals surface area contributed by atoms with Crippen LogP contribution in [0.4, 0.5) is 9.59 Å². The normalized spacial score (nSPS) is 11.7. The lowest BCUT2D eigenvalue weighted by atomic mass is 10.2. The third-order valence-electron chi connectivity index (χ3n) is 1.40. The van der Waals surface area contributed by atoms with Crippen molar-refractivity contribution < 1.29 is 29.1 Å². The standard InChI is InChI=1S/C12H24N2O6/c1-11(2,3)19-17-9(15)13-7-8-14-10(16)18-20-12(4,5)6/h7-8H2,1-6H3,(H,13,15)(H,14,16). The molecular formula is C12H24N2O6. The second kappa shape index (κ2) is 7.91. The molecule has 2 N–H and O–H groups in total. The largest absolute Gasteiger partial charge is 0.438 e. The van der Waals surface area contributed by atoms with Crippen molar-refractivity contribution in [1.82, 2.24) is 10.6 Å². The van der Waals surface area contributed by atoms with Gasteiger partial charge in [-0.2, -0.15) is 9.78 Å². The van der Waals surface area contributed by atoms with Gasteiger partial charge in [0.1, 0.15) is 11.2 Å². The first-order valence-electron chi connectivity index (χ1n) is 6.27. The van der Waals surface area contributed by atoms with Crippen LogP contribution >= 0.6 is 0 Å². The predicted molar refractivity (Wildman–Crippen MR) is 70.6 cm³/mol. The maximum Gasteiger partial charge on any atom is 0.438 e. The van der Waals surface area contributed by atoms with E-state index in [4.69, 9.17) is 9.78 Å². The summed E-state index contributed by atoms with van der Waals surface area (Å²) in [6, 6.07) is 0. The van der Waals surface area contributed by atoms with Crippen LogP contribution in [0.15, 0.2) is 0 Å². The Labute approximate surface area is 118 Å². The van der Waals surface area contributed by atoms with Crippen LogP contribution in [0.5, 0.6) is 0 Å². The highest BCUT2D eigenvalue weighted by Gasteiger charge is 2.16. The van der Waals surface area contributed by atoms with Gasteiger partial charge < -0.3 is 10.6 Å². The van der Waals surface area contributed by atoms with Crippen LogP contribution in [0.3, 0.4) is 0 Å². The first kappa shape index (κ1) is 18.5. The average molecular weight is 292 g/mol.